The topological polar surface area (TPSA) is 73.0 Å². The second kappa shape index (κ2) is 10.4. The Morgan fingerprint density at radius 3 is 2.48 bits per heavy atom. The summed E-state index contributed by atoms with van der Waals surface area (Å²) in [6.45, 7) is 9.03. The summed E-state index contributed by atoms with van der Waals surface area (Å²) in [5.74, 6) is -0.950. The molecule has 1 aliphatic carbocycles. The van der Waals surface area contributed by atoms with Gasteiger partial charge in [-0.25, -0.2) is 4.39 Å². The normalized spacial score (nSPS) is 27.6. The molecule has 4 fully saturated rings. The van der Waals surface area contributed by atoms with Gasteiger partial charge in [-0.1, -0.05) is 43.7 Å². The number of amides is 3. The number of hydrogen-bond donors (Lipinski definition) is 1. The standard InChI is InChI=1S/C34H39FN4O3/c1-34(2)12-11-23(29(15-34)22-4-6-25(35)7-5-22)17-37-19-26-14-27(20-37)38(26)16-21-3-8-28-24(13-21)18-39(33(28)42)30-9-10-31(40)36-32(30)41/h3-8,13,26-27,30H,9-12,14-20H2,1-2H3,(H,36,40,41). The van der Waals surface area contributed by atoms with E-state index >= 15 is 0 Å². The van der Waals surface area contributed by atoms with Gasteiger partial charge in [-0.2, -0.15) is 0 Å². The molecular weight excluding hydrogens is 531 g/mol. The van der Waals surface area contributed by atoms with Crippen LogP contribution < -0.4 is 5.32 Å². The Morgan fingerprint density at radius 1 is 0.976 bits per heavy atom. The first-order chi connectivity index (χ1) is 20.1. The van der Waals surface area contributed by atoms with Gasteiger partial charge in [0.1, 0.15) is 11.9 Å². The number of nitrogens with one attached hydrogen (secondary N) is 1. The van der Waals surface area contributed by atoms with Gasteiger partial charge in [0.25, 0.3) is 5.91 Å². The molecule has 2 aromatic carbocycles. The van der Waals surface area contributed by atoms with Gasteiger partial charge in [0.15, 0.2) is 0 Å². The summed E-state index contributed by atoms with van der Waals surface area (Å²) in [7, 11) is 0. The highest BCUT2D eigenvalue weighted by Gasteiger charge is 2.45. The molecule has 2 bridgehead atoms. The van der Waals surface area contributed by atoms with Crippen LogP contribution in [0.2, 0.25) is 0 Å². The largest absolute Gasteiger partial charge is 0.322 e. The van der Waals surface area contributed by atoms with Gasteiger partial charge in [-0.3, -0.25) is 29.5 Å². The molecule has 3 atom stereocenters. The fourth-order valence-corrected chi connectivity index (χ4v) is 7.83. The van der Waals surface area contributed by atoms with Gasteiger partial charge < -0.3 is 4.90 Å². The van der Waals surface area contributed by atoms with Crippen molar-refractivity contribution in [3.05, 3.63) is 76.1 Å². The first-order valence-corrected chi connectivity index (χ1v) is 15.3. The van der Waals surface area contributed by atoms with E-state index in [9.17, 15) is 18.8 Å². The summed E-state index contributed by atoms with van der Waals surface area (Å²) in [4.78, 5) is 43.9. The van der Waals surface area contributed by atoms with Crippen molar-refractivity contribution < 1.29 is 18.8 Å². The maximum absolute atomic E-state index is 13.6. The van der Waals surface area contributed by atoms with Crippen LogP contribution in [0.25, 0.3) is 5.57 Å². The summed E-state index contributed by atoms with van der Waals surface area (Å²) >= 11 is 0. The molecule has 6 aliphatic rings. The SMILES string of the molecule is CC1(C)CCC(CN2CC3CC(C2)N3Cc2ccc3c(c2)CN(C2CCC(=O)NC2=O)C3=O)=C(c2ccc(F)cc2)C1. The van der Waals surface area contributed by atoms with Crippen LogP contribution in [0, 0.1) is 11.2 Å². The number of fused-ring (bicyclic) bond motifs is 3. The van der Waals surface area contributed by atoms with Gasteiger partial charge in [0.05, 0.1) is 0 Å². The van der Waals surface area contributed by atoms with E-state index in [4.69, 9.17) is 0 Å². The molecule has 0 saturated carbocycles. The van der Waals surface area contributed by atoms with Gasteiger partial charge in [0, 0.05) is 56.8 Å². The first-order valence-electron chi connectivity index (χ1n) is 15.3. The highest BCUT2D eigenvalue weighted by atomic mass is 19.1. The van der Waals surface area contributed by atoms with E-state index in [0.29, 0.717) is 30.6 Å². The second-order valence-corrected chi connectivity index (χ2v) is 13.7. The van der Waals surface area contributed by atoms with E-state index in [-0.39, 0.29) is 35.4 Å². The van der Waals surface area contributed by atoms with Crippen molar-refractivity contribution in [3.63, 3.8) is 0 Å². The minimum absolute atomic E-state index is 0.122. The molecule has 3 unspecified atom stereocenters. The van der Waals surface area contributed by atoms with Crippen molar-refractivity contribution in [3.8, 4) is 0 Å². The average molecular weight is 571 g/mol. The van der Waals surface area contributed by atoms with E-state index in [1.807, 2.05) is 18.2 Å². The molecule has 220 valence electrons. The van der Waals surface area contributed by atoms with Crippen molar-refractivity contribution in [1.82, 2.24) is 20.0 Å². The van der Waals surface area contributed by atoms with Crippen LogP contribution in [-0.2, 0) is 22.7 Å². The maximum Gasteiger partial charge on any atom is 0.255 e. The number of carbonyl (C=O) groups is 3. The number of allylic oxidation sites excluding steroid dienone is 1. The Balaban J connectivity index is 1.00. The van der Waals surface area contributed by atoms with Crippen molar-refractivity contribution in [2.45, 2.75) is 83.6 Å². The molecule has 3 amide bonds. The number of halogens is 1. The maximum atomic E-state index is 13.6. The lowest BCUT2D eigenvalue weighted by Crippen LogP contribution is -2.68. The lowest BCUT2D eigenvalue weighted by Gasteiger charge is -2.57. The number of carbonyl (C=O) groups excluding carboxylic acids is 3. The third-order valence-corrected chi connectivity index (χ3v) is 10.2. The number of piperazine rings is 1. The van der Waals surface area contributed by atoms with Gasteiger partial charge >= 0.3 is 0 Å². The van der Waals surface area contributed by atoms with Crippen LogP contribution in [0.1, 0.15) is 79.4 Å². The van der Waals surface area contributed by atoms with E-state index in [2.05, 4.69) is 41.1 Å². The van der Waals surface area contributed by atoms with Crippen molar-refractivity contribution in [1.29, 1.82) is 0 Å². The molecule has 4 saturated heterocycles. The molecule has 0 spiro atoms. The zero-order valence-corrected chi connectivity index (χ0v) is 24.5. The fraction of sp³-hybridized carbons (Fsp3) is 0.500. The number of rotatable bonds is 6. The number of hydrogen-bond acceptors (Lipinski definition) is 5. The highest BCUT2D eigenvalue weighted by molar-refractivity contribution is 6.05. The van der Waals surface area contributed by atoms with Gasteiger partial charge in [-0.05, 0) is 78.0 Å². The third kappa shape index (κ3) is 5.09. The summed E-state index contributed by atoms with van der Waals surface area (Å²) < 4.78 is 13.6. The van der Waals surface area contributed by atoms with Crippen molar-refractivity contribution >= 4 is 23.3 Å². The van der Waals surface area contributed by atoms with E-state index in [1.54, 1.807) is 17.0 Å². The lowest BCUT2D eigenvalue weighted by molar-refractivity contribution is -0.136. The van der Waals surface area contributed by atoms with Crippen LogP contribution in [-0.4, -0.2) is 70.2 Å². The summed E-state index contributed by atoms with van der Waals surface area (Å²) in [5.41, 5.74) is 7.17. The monoisotopic (exact) mass is 570 g/mol. The highest BCUT2D eigenvalue weighted by Crippen LogP contribution is 2.44. The summed E-state index contributed by atoms with van der Waals surface area (Å²) in [6, 6.07) is 13.6. The number of imide groups is 1. The number of nitrogens with zero attached hydrogens (tertiary/aromatic N) is 3. The van der Waals surface area contributed by atoms with Crippen LogP contribution >= 0.6 is 0 Å². The van der Waals surface area contributed by atoms with E-state index in [0.717, 1.165) is 50.1 Å². The van der Waals surface area contributed by atoms with Crippen molar-refractivity contribution in [2.24, 2.45) is 5.41 Å². The zero-order valence-electron chi connectivity index (χ0n) is 24.5. The first kappa shape index (κ1) is 27.5. The Kier molecular flexibility index (Phi) is 6.82. The van der Waals surface area contributed by atoms with Gasteiger partial charge in [0.2, 0.25) is 11.8 Å². The van der Waals surface area contributed by atoms with Gasteiger partial charge in [-0.15, -0.1) is 0 Å². The Labute approximate surface area is 246 Å². The molecule has 5 aliphatic heterocycles. The Bertz CT molecular complexity index is 1470. The molecule has 7 nitrogen and oxygen atoms in total. The Morgan fingerprint density at radius 2 is 1.74 bits per heavy atom. The molecule has 1 N–H and O–H groups in total. The molecule has 8 heteroatoms. The quantitative estimate of drug-likeness (QED) is 0.518. The molecule has 42 heavy (non-hydrogen) atoms. The zero-order chi connectivity index (χ0) is 29.2. The predicted molar refractivity (Wildman–Crippen MR) is 158 cm³/mol. The Hall–Kier alpha value is -3.36. The van der Waals surface area contributed by atoms with E-state index < -0.39 is 6.04 Å². The van der Waals surface area contributed by atoms with Crippen LogP contribution in [0.3, 0.4) is 0 Å². The van der Waals surface area contributed by atoms with Crippen LogP contribution in [0.4, 0.5) is 4.39 Å². The number of piperidine rings is 2. The third-order valence-electron chi connectivity index (χ3n) is 10.2. The number of benzene rings is 2. The minimum Gasteiger partial charge on any atom is -0.322 e. The lowest BCUT2D eigenvalue weighted by atomic mass is 9.72. The minimum atomic E-state index is -0.583. The second-order valence-electron chi connectivity index (χ2n) is 13.7. The summed E-state index contributed by atoms with van der Waals surface area (Å²) in [6.07, 6.45) is 5.17. The van der Waals surface area contributed by atoms with Crippen molar-refractivity contribution in [2.75, 3.05) is 19.6 Å². The molecule has 2 aromatic rings. The fourth-order valence-electron chi connectivity index (χ4n) is 7.83. The van der Waals surface area contributed by atoms with Crippen LogP contribution in [0.15, 0.2) is 48.0 Å². The van der Waals surface area contributed by atoms with Crippen LogP contribution in [0.5, 0.6) is 0 Å². The molecule has 8 rings (SSSR count). The smallest absolute Gasteiger partial charge is 0.255 e. The van der Waals surface area contributed by atoms with E-state index in [1.165, 1.54) is 29.6 Å². The molecule has 0 radical (unpaired) electrons. The summed E-state index contributed by atoms with van der Waals surface area (Å²) in [5, 5.41) is 2.38. The average Bonchev–Trinajstić information content (AvgIpc) is 3.28. The molecule has 0 aromatic heterocycles. The molecule has 5 heterocycles. The molecular formula is C34H39FN4O3. The predicted octanol–water partition coefficient (Wildman–Crippen LogP) is 4.51.